The maximum absolute atomic E-state index is 11.0. The molecule has 1 aliphatic heterocycles. The fourth-order valence-corrected chi connectivity index (χ4v) is 2.37. The summed E-state index contributed by atoms with van der Waals surface area (Å²) < 4.78 is 5.27. The number of anilines is 1. The van der Waals surface area contributed by atoms with Gasteiger partial charge in [0.25, 0.3) is 0 Å². The fraction of sp³-hybridized carbons (Fsp3) is 0.500. The van der Waals surface area contributed by atoms with Crippen LogP contribution in [0, 0.1) is 0 Å². The molecule has 0 radical (unpaired) electrons. The van der Waals surface area contributed by atoms with Crippen LogP contribution in [0.2, 0.25) is 0 Å². The van der Waals surface area contributed by atoms with E-state index in [0.717, 1.165) is 18.7 Å². The van der Waals surface area contributed by atoms with Crippen molar-refractivity contribution in [2.45, 2.75) is 26.3 Å². The van der Waals surface area contributed by atoms with E-state index in [4.69, 9.17) is 4.74 Å². The Morgan fingerprint density at radius 2 is 2.33 bits per heavy atom. The van der Waals surface area contributed by atoms with E-state index in [-0.39, 0.29) is 5.91 Å². The van der Waals surface area contributed by atoms with Gasteiger partial charge in [-0.2, -0.15) is 0 Å². The molecule has 98 valence electrons. The number of methoxy groups -OCH3 is 1. The number of fused-ring (bicyclic) bond motifs is 1. The van der Waals surface area contributed by atoms with Crippen LogP contribution in [0.5, 0.6) is 5.75 Å². The molecule has 2 rings (SSSR count). The Hall–Kier alpha value is -1.71. The largest absolute Gasteiger partial charge is 0.497 e. The van der Waals surface area contributed by atoms with E-state index in [9.17, 15) is 4.79 Å². The summed E-state index contributed by atoms with van der Waals surface area (Å²) in [7, 11) is 1.68. The van der Waals surface area contributed by atoms with Crippen LogP contribution in [-0.4, -0.2) is 32.1 Å². The second-order valence-electron chi connectivity index (χ2n) is 4.72. The number of nitrogens with zero attached hydrogens (tertiary/aromatic N) is 1. The minimum absolute atomic E-state index is 0.0203. The average molecular weight is 248 g/mol. The van der Waals surface area contributed by atoms with Crippen molar-refractivity contribution >= 4 is 11.6 Å². The van der Waals surface area contributed by atoms with Gasteiger partial charge in [-0.05, 0) is 25.0 Å². The zero-order valence-electron chi connectivity index (χ0n) is 11.2. The first-order valence-electron chi connectivity index (χ1n) is 6.30. The summed E-state index contributed by atoms with van der Waals surface area (Å²) in [5.41, 5.74) is 2.58. The van der Waals surface area contributed by atoms with Crippen LogP contribution in [0.15, 0.2) is 18.2 Å². The number of hydrogen-bond donors (Lipinski definition) is 1. The van der Waals surface area contributed by atoms with Gasteiger partial charge in [0.2, 0.25) is 5.91 Å². The number of nitrogens with one attached hydrogen (secondary N) is 1. The smallest absolute Gasteiger partial charge is 0.216 e. The molecular formula is C14H20N2O2. The summed E-state index contributed by atoms with van der Waals surface area (Å²) in [4.78, 5) is 13.3. The van der Waals surface area contributed by atoms with Crippen molar-refractivity contribution in [3.8, 4) is 5.75 Å². The van der Waals surface area contributed by atoms with Gasteiger partial charge in [0.15, 0.2) is 0 Å². The molecule has 0 saturated heterocycles. The lowest BCUT2D eigenvalue weighted by molar-refractivity contribution is -0.119. The summed E-state index contributed by atoms with van der Waals surface area (Å²) >= 11 is 0. The van der Waals surface area contributed by atoms with Gasteiger partial charge in [0.1, 0.15) is 5.75 Å². The molecule has 1 unspecified atom stereocenters. The lowest BCUT2D eigenvalue weighted by Crippen LogP contribution is -2.40. The van der Waals surface area contributed by atoms with Gasteiger partial charge in [-0.15, -0.1) is 0 Å². The first-order chi connectivity index (χ1) is 8.61. The molecule has 0 bridgehead atoms. The van der Waals surface area contributed by atoms with E-state index >= 15 is 0 Å². The summed E-state index contributed by atoms with van der Waals surface area (Å²) in [6.07, 6.45) is 1.06. The minimum Gasteiger partial charge on any atom is -0.497 e. The summed E-state index contributed by atoms with van der Waals surface area (Å²) in [6, 6.07) is 6.49. The molecule has 18 heavy (non-hydrogen) atoms. The van der Waals surface area contributed by atoms with Crippen LogP contribution < -0.4 is 15.0 Å². The molecule has 1 amide bonds. The van der Waals surface area contributed by atoms with Crippen LogP contribution in [0.1, 0.15) is 19.4 Å². The third-order valence-electron chi connectivity index (χ3n) is 3.40. The van der Waals surface area contributed by atoms with E-state index in [1.54, 1.807) is 14.0 Å². The number of carbonyl (C=O) groups is 1. The van der Waals surface area contributed by atoms with Gasteiger partial charge in [-0.1, -0.05) is 6.07 Å². The van der Waals surface area contributed by atoms with Crippen LogP contribution in [0.3, 0.4) is 0 Å². The Balaban J connectivity index is 2.12. The van der Waals surface area contributed by atoms with Crippen molar-refractivity contribution in [2.24, 2.45) is 0 Å². The predicted octanol–water partition coefficient (Wildman–Crippen LogP) is 1.58. The molecule has 1 atom stereocenters. The predicted molar refractivity (Wildman–Crippen MR) is 72.2 cm³/mol. The monoisotopic (exact) mass is 248 g/mol. The molecule has 0 spiro atoms. The molecule has 1 N–H and O–H groups in total. The molecule has 4 heteroatoms. The first-order valence-corrected chi connectivity index (χ1v) is 6.30. The summed E-state index contributed by atoms with van der Waals surface area (Å²) in [5, 5.41) is 2.87. The van der Waals surface area contributed by atoms with Crippen molar-refractivity contribution < 1.29 is 9.53 Å². The maximum atomic E-state index is 11.0. The van der Waals surface area contributed by atoms with Gasteiger partial charge in [-0.25, -0.2) is 0 Å². The molecule has 1 aromatic carbocycles. The van der Waals surface area contributed by atoms with E-state index in [0.29, 0.717) is 12.6 Å². The van der Waals surface area contributed by atoms with E-state index < -0.39 is 0 Å². The molecule has 1 aromatic rings. The maximum Gasteiger partial charge on any atom is 0.216 e. The highest BCUT2D eigenvalue weighted by Crippen LogP contribution is 2.32. The highest BCUT2D eigenvalue weighted by molar-refractivity contribution is 5.73. The molecule has 1 heterocycles. The quantitative estimate of drug-likeness (QED) is 0.879. The van der Waals surface area contributed by atoms with E-state index in [2.05, 4.69) is 29.3 Å². The summed E-state index contributed by atoms with van der Waals surface area (Å²) in [6.45, 7) is 5.35. The molecule has 0 saturated carbocycles. The zero-order chi connectivity index (χ0) is 13.1. The number of amides is 1. The molecular weight excluding hydrogens is 228 g/mol. The Kier molecular flexibility index (Phi) is 3.75. The third kappa shape index (κ3) is 2.58. The topological polar surface area (TPSA) is 41.6 Å². The van der Waals surface area contributed by atoms with Gasteiger partial charge in [0, 0.05) is 37.8 Å². The van der Waals surface area contributed by atoms with E-state index in [1.165, 1.54) is 11.3 Å². The van der Waals surface area contributed by atoms with Gasteiger partial charge in [-0.3, -0.25) is 4.79 Å². The molecule has 0 aromatic heterocycles. The second kappa shape index (κ2) is 5.29. The third-order valence-corrected chi connectivity index (χ3v) is 3.40. The zero-order valence-corrected chi connectivity index (χ0v) is 11.2. The highest BCUT2D eigenvalue weighted by atomic mass is 16.5. The SMILES string of the molecule is COc1ccc2c(c1)N(C(C)CNC(C)=O)CC2. The standard InChI is InChI=1S/C14H20N2O2/c1-10(9-15-11(2)17)16-7-6-12-4-5-13(18-3)8-14(12)16/h4-5,8,10H,6-7,9H2,1-3H3,(H,15,17). The number of rotatable bonds is 4. The van der Waals surface area contributed by atoms with Crippen molar-refractivity contribution in [3.63, 3.8) is 0 Å². The van der Waals surface area contributed by atoms with Gasteiger partial charge in [0.05, 0.1) is 7.11 Å². The van der Waals surface area contributed by atoms with E-state index in [1.807, 2.05) is 6.07 Å². The van der Waals surface area contributed by atoms with Crippen molar-refractivity contribution in [1.29, 1.82) is 0 Å². The molecule has 0 aliphatic carbocycles. The second-order valence-corrected chi connectivity index (χ2v) is 4.72. The molecule has 1 aliphatic rings. The minimum atomic E-state index is 0.0203. The van der Waals surface area contributed by atoms with Crippen LogP contribution >= 0.6 is 0 Å². The lowest BCUT2D eigenvalue weighted by Gasteiger charge is -2.27. The normalized spacial score (nSPS) is 15.2. The first kappa shape index (κ1) is 12.7. The van der Waals surface area contributed by atoms with Gasteiger partial charge < -0.3 is 15.0 Å². The lowest BCUT2D eigenvalue weighted by atomic mass is 10.1. The summed E-state index contributed by atoms with van der Waals surface area (Å²) in [5.74, 6) is 0.902. The Morgan fingerprint density at radius 1 is 1.56 bits per heavy atom. The van der Waals surface area contributed by atoms with Crippen molar-refractivity contribution in [2.75, 3.05) is 25.1 Å². The molecule has 0 fully saturated rings. The highest BCUT2D eigenvalue weighted by Gasteiger charge is 2.23. The Bertz CT molecular complexity index is 445. The number of carbonyl (C=O) groups excluding carboxylic acids is 1. The van der Waals surface area contributed by atoms with Crippen LogP contribution in [-0.2, 0) is 11.2 Å². The fourth-order valence-electron chi connectivity index (χ4n) is 2.37. The number of benzene rings is 1. The van der Waals surface area contributed by atoms with Crippen LogP contribution in [0.25, 0.3) is 0 Å². The Morgan fingerprint density at radius 3 is 3.00 bits per heavy atom. The number of ether oxygens (including phenoxy) is 1. The van der Waals surface area contributed by atoms with Gasteiger partial charge >= 0.3 is 0 Å². The van der Waals surface area contributed by atoms with Crippen molar-refractivity contribution in [3.05, 3.63) is 23.8 Å². The van der Waals surface area contributed by atoms with Crippen LogP contribution in [0.4, 0.5) is 5.69 Å². The van der Waals surface area contributed by atoms with Crippen molar-refractivity contribution in [1.82, 2.24) is 5.32 Å². The number of hydrogen-bond acceptors (Lipinski definition) is 3. The Labute approximate surface area is 108 Å². The average Bonchev–Trinajstić information content (AvgIpc) is 2.78. The molecule has 4 nitrogen and oxygen atoms in total.